The summed E-state index contributed by atoms with van der Waals surface area (Å²) in [6.07, 6.45) is -0.117. The fourth-order valence-corrected chi connectivity index (χ4v) is 2.66. The molecule has 2 aromatic rings. The largest absolute Gasteiger partial charge is 0.491 e. The molecule has 0 saturated heterocycles. The summed E-state index contributed by atoms with van der Waals surface area (Å²) < 4.78 is 24.5. The Kier molecular flexibility index (Phi) is 7.22. The topological polar surface area (TPSA) is 47.6 Å². The van der Waals surface area contributed by atoms with Crippen molar-refractivity contribution in [3.63, 3.8) is 0 Å². The molecule has 0 saturated carbocycles. The molecule has 0 bridgehead atoms. The van der Waals surface area contributed by atoms with Gasteiger partial charge in [-0.2, -0.15) is 0 Å². The highest BCUT2D eigenvalue weighted by molar-refractivity contribution is 5.81. The summed E-state index contributed by atoms with van der Waals surface area (Å²) in [7, 11) is 0. The average molecular weight is 373 g/mol. The van der Waals surface area contributed by atoms with Gasteiger partial charge in [-0.25, -0.2) is 4.39 Å². The fourth-order valence-electron chi connectivity index (χ4n) is 2.66. The Morgan fingerprint density at radius 3 is 2.41 bits per heavy atom. The molecule has 146 valence electrons. The third-order valence-corrected chi connectivity index (χ3v) is 4.11. The van der Waals surface area contributed by atoms with Gasteiger partial charge in [0.25, 0.3) is 5.91 Å². The average Bonchev–Trinajstić information content (AvgIpc) is 2.64. The summed E-state index contributed by atoms with van der Waals surface area (Å²) in [6.45, 7) is 9.01. The zero-order valence-electron chi connectivity index (χ0n) is 16.4. The molecule has 4 nitrogen and oxygen atoms in total. The number of hydrogen-bond acceptors (Lipinski definition) is 3. The molecule has 2 rings (SSSR count). The Bertz CT molecular complexity index is 738. The molecule has 0 spiro atoms. The zero-order chi connectivity index (χ0) is 19.9. The first-order valence-corrected chi connectivity index (χ1v) is 9.23. The Balaban J connectivity index is 1.84. The minimum absolute atomic E-state index is 0.0177. The number of hydrogen-bond donors (Lipinski definition) is 1. The van der Waals surface area contributed by atoms with Crippen molar-refractivity contribution in [3.8, 4) is 11.5 Å². The first kappa shape index (κ1) is 20.7. The Hall–Kier alpha value is -2.56. The van der Waals surface area contributed by atoms with Crippen molar-refractivity contribution in [2.45, 2.75) is 45.6 Å². The summed E-state index contributed by atoms with van der Waals surface area (Å²) >= 11 is 0. The van der Waals surface area contributed by atoms with E-state index in [0.29, 0.717) is 25.3 Å². The van der Waals surface area contributed by atoms with Gasteiger partial charge >= 0.3 is 0 Å². The predicted octanol–water partition coefficient (Wildman–Crippen LogP) is 4.48. The maximum Gasteiger partial charge on any atom is 0.261 e. The quantitative estimate of drug-likeness (QED) is 0.694. The molecule has 0 unspecified atom stereocenters. The van der Waals surface area contributed by atoms with E-state index < -0.39 is 6.10 Å². The molecule has 1 N–H and O–H groups in total. The first-order chi connectivity index (χ1) is 12.8. The maximum absolute atomic E-state index is 13.0. The molecular weight excluding hydrogens is 345 g/mol. The molecule has 0 heterocycles. The second kappa shape index (κ2) is 9.40. The summed E-state index contributed by atoms with van der Waals surface area (Å²) in [5.41, 5.74) is 1.11. The lowest BCUT2D eigenvalue weighted by Crippen LogP contribution is -2.39. The zero-order valence-corrected chi connectivity index (χ0v) is 16.4. The van der Waals surface area contributed by atoms with Crippen molar-refractivity contribution < 1.29 is 18.7 Å². The number of halogens is 1. The maximum atomic E-state index is 13.0. The number of benzene rings is 2. The van der Waals surface area contributed by atoms with E-state index in [4.69, 9.17) is 9.47 Å². The van der Waals surface area contributed by atoms with Crippen LogP contribution in [0.3, 0.4) is 0 Å². The van der Waals surface area contributed by atoms with Gasteiger partial charge in [0.05, 0.1) is 6.54 Å². The number of para-hydroxylation sites is 1. The van der Waals surface area contributed by atoms with Crippen molar-refractivity contribution in [1.29, 1.82) is 0 Å². The van der Waals surface area contributed by atoms with Crippen LogP contribution in [0, 0.1) is 5.82 Å². The van der Waals surface area contributed by atoms with Gasteiger partial charge < -0.3 is 14.8 Å². The lowest BCUT2D eigenvalue weighted by atomic mass is 9.86. The summed E-state index contributed by atoms with van der Waals surface area (Å²) in [5.74, 6) is 0.740. The van der Waals surface area contributed by atoms with Gasteiger partial charge in [-0.3, -0.25) is 4.79 Å². The van der Waals surface area contributed by atoms with Gasteiger partial charge in [-0.1, -0.05) is 45.9 Å². The molecule has 1 amide bonds. The second-order valence-corrected chi connectivity index (χ2v) is 7.35. The summed E-state index contributed by atoms with van der Waals surface area (Å²) in [4.78, 5) is 12.3. The monoisotopic (exact) mass is 373 g/mol. The van der Waals surface area contributed by atoms with E-state index in [0.717, 1.165) is 11.3 Å². The van der Waals surface area contributed by atoms with Crippen molar-refractivity contribution >= 4 is 5.91 Å². The molecule has 1 atom stereocenters. The Morgan fingerprint density at radius 2 is 1.78 bits per heavy atom. The van der Waals surface area contributed by atoms with Gasteiger partial charge in [-0.05, 0) is 47.7 Å². The molecule has 0 aliphatic carbocycles. The van der Waals surface area contributed by atoms with Crippen LogP contribution in [0.15, 0.2) is 48.5 Å². The van der Waals surface area contributed by atoms with Crippen LogP contribution in [0.4, 0.5) is 4.39 Å². The number of amides is 1. The molecule has 0 aliphatic heterocycles. The Morgan fingerprint density at radius 1 is 1.11 bits per heavy atom. The van der Waals surface area contributed by atoms with Crippen LogP contribution < -0.4 is 14.8 Å². The van der Waals surface area contributed by atoms with E-state index in [1.54, 1.807) is 0 Å². The van der Waals surface area contributed by atoms with Crippen LogP contribution in [0.25, 0.3) is 0 Å². The fraction of sp³-hybridized carbons (Fsp3) is 0.409. The summed E-state index contributed by atoms with van der Waals surface area (Å²) in [5, 5.41) is 2.83. The highest BCUT2D eigenvalue weighted by atomic mass is 19.1. The first-order valence-electron chi connectivity index (χ1n) is 9.23. The normalized spacial score (nSPS) is 12.3. The molecular formula is C22H28FNO3. The highest BCUT2D eigenvalue weighted by Crippen LogP contribution is 2.30. The number of rotatable bonds is 8. The highest BCUT2D eigenvalue weighted by Gasteiger charge is 2.19. The third-order valence-electron chi connectivity index (χ3n) is 4.11. The predicted molar refractivity (Wildman–Crippen MR) is 105 cm³/mol. The summed E-state index contributed by atoms with van der Waals surface area (Å²) in [6, 6.07) is 13.6. The number of nitrogens with one attached hydrogen (secondary N) is 1. The lowest BCUT2D eigenvalue weighted by molar-refractivity contribution is -0.128. The van der Waals surface area contributed by atoms with Crippen LogP contribution in [0.2, 0.25) is 0 Å². The van der Waals surface area contributed by atoms with Crippen LogP contribution in [0.1, 0.15) is 39.7 Å². The Labute approximate surface area is 160 Å². The van der Waals surface area contributed by atoms with Gasteiger partial charge in [-0.15, -0.1) is 0 Å². The van der Waals surface area contributed by atoms with Gasteiger partial charge in [0.1, 0.15) is 23.9 Å². The van der Waals surface area contributed by atoms with Crippen molar-refractivity contribution in [2.75, 3.05) is 13.2 Å². The van der Waals surface area contributed by atoms with Crippen molar-refractivity contribution in [1.82, 2.24) is 5.32 Å². The minimum atomic E-state index is -0.627. The molecule has 0 fully saturated rings. The second-order valence-electron chi connectivity index (χ2n) is 7.35. The molecule has 27 heavy (non-hydrogen) atoms. The smallest absolute Gasteiger partial charge is 0.261 e. The third kappa shape index (κ3) is 6.27. The van der Waals surface area contributed by atoms with E-state index in [1.165, 1.54) is 24.3 Å². The molecule has 5 heteroatoms. The van der Waals surface area contributed by atoms with Crippen LogP contribution in [-0.2, 0) is 10.2 Å². The van der Waals surface area contributed by atoms with Crippen LogP contribution in [-0.4, -0.2) is 25.2 Å². The van der Waals surface area contributed by atoms with E-state index >= 15 is 0 Å². The molecule has 2 aromatic carbocycles. The molecule has 0 radical (unpaired) electrons. The molecule has 0 aliphatic rings. The number of ether oxygens (including phenoxy) is 2. The van der Waals surface area contributed by atoms with Crippen LogP contribution in [0.5, 0.6) is 11.5 Å². The van der Waals surface area contributed by atoms with Gasteiger partial charge in [0.2, 0.25) is 0 Å². The SMILES string of the molecule is CC[C@H](Oc1ccc(F)cc1)C(=O)NCCOc1ccccc1C(C)(C)C. The number of carbonyl (C=O) groups excluding carboxylic acids is 1. The standard InChI is InChI=1S/C22H28FNO3/c1-5-19(27-17-12-10-16(23)11-13-17)21(25)24-14-15-26-20-9-7-6-8-18(20)22(2,3)4/h6-13,19H,5,14-15H2,1-4H3,(H,24,25)/t19-/m0/s1. The lowest BCUT2D eigenvalue weighted by Gasteiger charge is -2.23. The van der Waals surface area contributed by atoms with E-state index in [2.05, 4.69) is 32.2 Å². The van der Waals surface area contributed by atoms with E-state index in [1.807, 2.05) is 25.1 Å². The minimum Gasteiger partial charge on any atom is -0.491 e. The van der Waals surface area contributed by atoms with Crippen molar-refractivity contribution in [2.24, 2.45) is 0 Å². The van der Waals surface area contributed by atoms with E-state index in [-0.39, 0.29) is 17.1 Å². The van der Waals surface area contributed by atoms with Gasteiger partial charge in [0, 0.05) is 0 Å². The number of carbonyl (C=O) groups is 1. The van der Waals surface area contributed by atoms with Crippen molar-refractivity contribution in [3.05, 3.63) is 59.9 Å². The molecule has 0 aromatic heterocycles. The van der Waals surface area contributed by atoms with E-state index in [9.17, 15) is 9.18 Å². The van der Waals surface area contributed by atoms with Gasteiger partial charge in [0.15, 0.2) is 6.10 Å². The van der Waals surface area contributed by atoms with Crippen LogP contribution >= 0.6 is 0 Å².